The lowest BCUT2D eigenvalue weighted by Crippen LogP contribution is -2.26. The second kappa shape index (κ2) is 5.33. The highest BCUT2D eigenvalue weighted by atomic mass is 16.6. The summed E-state index contributed by atoms with van der Waals surface area (Å²) in [6.07, 6.45) is 9.11. The van der Waals surface area contributed by atoms with Crippen LogP contribution in [0.4, 0.5) is 0 Å². The van der Waals surface area contributed by atoms with Crippen LogP contribution in [-0.2, 0) is 4.84 Å². The van der Waals surface area contributed by atoms with E-state index in [0.717, 1.165) is 5.71 Å². The van der Waals surface area contributed by atoms with Gasteiger partial charge in [0.25, 0.3) is 0 Å². The number of hydrogen-bond donors (Lipinski definition) is 0. The maximum absolute atomic E-state index is 4.74. The first-order chi connectivity index (χ1) is 7.47. The molecule has 0 aromatic heterocycles. The third kappa shape index (κ3) is 3.22. The van der Waals surface area contributed by atoms with Crippen LogP contribution in [0, 0.1) is 11.3 Å². The minimum absolute atomic E-state index is 0.350. The van der Waals surface area contributed by atoms with Gasteiger partial charge in [0.05, 0.1) is 5.71 Å². The summed E-state index contributed by atoms with van der Waals surface area (Å²) in [6.45, 7) is 8.84. The van der Waals surface area contributed by atoms with Crippen LogP contribution in [0.3, 0.4) is 0 Å². The lowest BCUT2D eigenvalue weighted by molar-refractivity contribution is 0.213. The fourth-order valence-electron chi connectivity index (χ4n) is 2.39. The van der Waals surface area contributed by atoms with Gasteiger partial charge in [0.1, 0.15) is 7.11 Å². The number of rotatable bonds is 3. The third-order valence-corrected chi connectivity index (χ3v) is 3.35. The van der Waals surface area contributed by atoms with Crippen molar-refractivity contribution in [3.05, 3.63) is 23.8 Å². The minimum atomic E-state index is 0.350. The van der Waals surface area contributed by atoms with E-state index < -0.39 is 0 Å². The van der Waals surface area contributed by atoms with Crippen LogP contribution >= 0.6 is 0 Å². The molecule has 0 N–H and O–H groups in total. The van der Waals surface area contributed by atoms with Gasteiger partial charge >= 0.3 is 0 Å². The molecule has 0 aromatic rings. The lowest BCUT2D eigenvalue weighted by atomic mass is 9.68. The zero-order valence-electron chi connectivity index (χ0n) is 11.1. The topological polar surface area (TPSA) is 21.6 Å². The third-order valence-electron chi connectivity index (χ3n) is 3.35. The van der Waals surface area contributed by atoms with Gasteiger partial charge < -0.3 is 4.84 Å². The van der Waals surface area contributed by atoms with Crippen molar-refractivity contribution in [2.75, 3.05) is 7.11 Å². The van der Waals surface area contributed by atoms with Crippen LogP contribution in [0.5, 0.6) is 0 Å². The van der Waals surface area contributed by atoms with E-state index in [4.69, 9.17) is 4.84 Å². The van der Waals surface area contributed by atoms with E-state index in [0.29, 0.717) is 11.3 Å². The van der Waals surface area contributed by atoms with Gasteiger partial charge in [-0.05, 0) is 38.2 Å². The molecule has 1 atom stereocenters. The number of nitrogens with zero attached hydrogens (tertiary/aromatic N) is 1. The van der Waals surface area contributed by atoms with Crippen molar-refractivity contribution in [1.82, 2.24) is 0 Å². The Balaban J connectivity index is 2.81. The molecule has 0 bridgehead atoms. The fourth-order valence-corrected chi connectivity index (χ4v) is 2.39. The Morgan fingerprint density at radius 1 is 1.56 bits per heavy atom. The van der Waals surface area contributed by atoms with Crippen LogP contribution in [-0.4, -0.2) is 12.8 Å². The van der Waals surface area contributed by atoms with Crippen LogP contribution in [0.2, 0.25) is 0 Å². The summed E-state index contributed by atoms with van der Waals surface area (Å²) in [5.41, 5.74) is 2.73. The SMILES string of the molecule is CO/N=C(C)/C=C/C1C(C)=CCCC1(C)C. The summed E-state index contributed by atoms with van der Waals surface area (Å²) in [6, 6.07) is 0. The molecular weight excluding hydrogens is 198 g/mol. The van der Waals surface area contributed by atoms with Crippen molar-refractivity contribution in [1.29, 1.82) is 0 Å². The van der Waals surface area contributed by atoms with Gasteiger partial charge in [0.2, 0.25) is 0 Å². The summed E-state index contributed by atoms with van der Waals surface area (Å²) >= 11 is 0. The van der Waals surface area contributed by atoms with E-state index in [9.17, 15) is 0 Å². The molecule has 16 heavy (non-hydrogen) atoms. The summed E-state index contributed by atoms with van der Waals surface area (Å²) in [7, 11) is 1.58. The predicted molar refractivity (Wildman–Crippen MR) is 69.5 cm³/mol. The summed E-state index contributed by atoms with van der Waals surface area (Å²) in [5, 5.41) is 3.89. The molecule has 0 aliphatic heterocycles. The van der Waals surface area contributed by atoms with Crippen molar-refractivity contribution < 1.29 is 4.84 Å². The highest BCUT2D eigenvalue weighted by molar-refractivity contribution is 5.92. The number of hydrogen-bond acceptors (Lipinski definition) is 2. The molecule has 0 amide bonds. The molecule has 1 aliphatic rings. The van der Waals surface area contributed by atoms with Crippen molar-refractivity contribution in [3.8, 4) is 0 Å². The van der Waals surface area contributed by atoms with E-state index >= 15 is 0 Å². The molecule has 1 unspecified atom stereocenters. The molecule has 0 saturated heterocycles. The summed E-state index contributed by atoms with van der Waals surface area (Å²) in [4.78, 5) is 4.74. The van der Waals surface area contributed by atoms with E-state index in [1.54, 1.807) is 7.11 Å². The molecule has 2 nitrogen and oxygen atoms in total. The number of oxime groups is 1. The van der Waals surface area contributed by atoms with E-state index in [1.807, 2.05) is 6.92 Å². The first-order valence-corrected chi connectivity index (χ1v) is 5.90. The van der Waals surface area contributed by atoms with Gasteiger partial charge in [-0.3, -0.25) is 0 Å². The average Bonchev–Trinajstić information content (AvgIpc) is 2.16. The van der Waals surface area contributed by atoms with Gasteiger partial charge in [0.15, 0.2) is 0 Å². The van der Waals surface area contributed by atoms with Gasteiger partial charge in [-0.1, -0.05) is 36.7 Å². The largest absolute Gasteiger partial charge is 0.399 e. The average molecular weight is 221 g/mol. The Bertz CT molecular complexity index is 324. The highest BCUT2D eigenvalue weighted by Gasteiger charge is 2.30. The monoisotopic (exact) mass is 221 g/mol. The highest BCUT2D eigenvalue weighted by Crippen LogP contribution is 2.41. The Hall–Kier alpha value is -1.05. The molecule has 0 spiro atoms. The Kier molecular flexibility index (Phi) is 4.34. The Labute approximate surface area is 99.1 Å². The zero-order valence-corrected chi connectivity index (χ0v) is 11.1. The fraction of sp³-hybridized carbons (Fsp3) is 0.643. The molecule has 0 aromatic carbocycles. The molecule has 1 rings (SSSR count). The zero-order chi connectivity index (χ0) is 12.2. The van der Waals surface area contributed by atoms with Gasteiger partial charge in [-0.25, -0.2) is 0 Å². The van der Waals surface area contributed by atoms with Crippen LogP contribution in [0.25, 0.3) is 0 Å². The molecule has 0 fully saturated rings. The smallest absolute Gasteiger partial charge is 0.106 e. The van der Waals surface area contributed by atoms with Crippen molar-refractivity contribution in [3.63, 3.8) is 0 Å². The van der Waals surface area contributed by atoms with Gasteiger partial charge in [0, 0.05) is 5.92 Å². The standard InChI is InChI=1S/C14H23NO/c1-11-7-6-10-14(3,4)13(11)9-8-12(2)15-16-5/h7-9,13H,6,10H2,1-5H3/b9-8+,15-12+. The first kappa shape index (κ1) is 13.0. The molecule has 0 radical (unpaired) electrons. The Morgan fingerprint density at radius 2 is 2.25 bits per heavy atom. The summed E-state index contributed by atoms with van der Waals surface area (Å²) in [5.74, 6) is 0.517. The van der Waals surface area contributed by atoms with Crippen molar-refractivity contribution in [2.24, 2.45) is 16.5 Å². The predicted octanol–water partition coefficient (Wildman–Crippen LogP) is 3.95. The normalized spacial score (nSPS) is 25.7. The van der Waals surface area contributed by atoms with Crippen LogP contribution in [0.1, 0.15) is 40.5 Å². The molecule has 0 heterocycles. The minimum Gasteiger partial charge on any atom is -0.399 e. The van der Waals surface area contributed by atoms with Gasteiger partial charge in [-0.2, -0.15) is 0 Å². The van der Waals surface area contributed by atoms with E-state index in [-0.39, 0.29) is 0 Å². The number of allylic oxidation sites excluding steroid dienone is 4. The van der Waals surface area contributed by atoms with E-state index in [2.05, 4.69) is 44.2 Å². The second-order valence-electron chi connectivity index (χ2n) is 5.23. The Morgan fingerprint density at radius 3 is 2.81 bits per heavy atom. The molecule has 1 aliphatic carbocycles. The molecular formula is C14H23NO. The second-order valence-corrected chi connectivity index (χ2v) is 5.23. The maximum atomic E-state index is 4.74. The van der Waals surface area contributed by atoms with Gasteiger partial charge in [-0.15, -0.1) is 0 Å². The van der Waals surface area contributed by atoms with Crippen molar-refractivity contribution >= 4 is 5.71 Å². The van der Waals surface area contributed by atoms with E-state index in [1.165, 1.54) is 18.4 Å². The molecule has 2 heteroatoms. The quantitative estimate of drug-likeness (QED) is 0.402. The lowest BCUT2D eigenvalue weighted by Gasteiger charge is -2.36. The first-order valence-electron chi connectivity index (χ1n) is 5.90. The maximum Gasteiger partial charge on any atom is 0.106 e. The van der Waals surface area contributed by atoms with Crippen LogP contribution < -0.4 is 0 Å². The molecule has 90 valence electrons. The van der Waals surface area contributed by atoms with Crippen LogP contribution in [0.15, 0.2) is 29.0 Å². The molecule has 0 saturated carbocycles. The van der Waals surface area contributed by atoms with Crippen molar-refractivity contribution in [2.45, 2.75) is 40.5 Å². The summed E-state index contributed by atoms with van der Waals surface area (Å²) < 4.78 is 0.